The molecule has 0 saturated carbocycles. The fourth-order valence-electron chi connectivity index (χ4n) is 8.73. The number of amides is 2. The van der Waals surface area contributed by atoms with Crippen LogP contribution < -0.4 is 0 Å². The quantitative estimate of drug-likeness (QED) is 0.0474. The highest BCUT2D eigenvalue weighted by molar-refractivity contribution is 14.1. The zero-order valence-corrected chi connectivity index (χ0v) is 46.0. The van der Waals surface area contributed by atoms with Crippen LogP contribution in [0.2, 0.25) is 0 Å². The third kappa shape index (κ3) is 11.8. The van der Waals surface area contributed by atoms with Crippen molar-refractivity contribution in [3.05, 3.63) is 104 Å². The number of nitrogens with zero attached hydrogens (tertiary/aromatic N) is 2. The van der Waals surface area contributed by atoms with Gasteiger partial charge in [0.25, 0.3) is 11.8 Å². The number of unbranched alkanes of at least 4 members (excludes halogenated alkanes) is 3. The average molecular weight is 1090 g/mol. The van der Waals surface area contributed by atoms with Crippen molar-refractivity contribution in [2.24, 2.45) is 17.8 Å². The van der Waals surface area contributed by atoms with E-state index in [9.17, 15) is 0 Å². The van der Waals surface area contributed by atoms with Gasteiger partial charge in [0.05, 0.1) is 32.3 Å². The Kier molecular flexibility index (Phi) is 19.0. The van der Waals surface area contributed by atoms with Crippen molar-refractivity contribution in [3.8, 4) is 39.0 Å². The largest absolute Gasteiger partial charge is 0.306 e. The second-order valence-electron chi connectivity index (χ2n) is 17.3. The average Bonchev–Trinajstić information content (AvgIpc) is 4.18. The number of alkyl halides is 1. The number of hydrogen-bond acceptors (Lipinski definition) is 8. The topological polar surface area (TPSA) is 40.6 Å². The predicted molar refractivity (Wildman–Crippen MR) is 298 cm³/mol. The molecule has 346 valence electrons. The van der Waals surface area contributed by atoms with Crippen molar-refractivity contribution < 1.29 is 9.59 Å². The van der Waals surface area contributed by atoms with Crippen molar-refractivity contribution in [1.29, 1.82) is 0 Å². The second kappa shape index (κ2) is 24.6. The zero-order chi connectivity index (χ0) is 45.9. The SMILES string of the molecule is CCCCC(CC)CI.CCCCC(CC)CN1C(=O)C2=C(c3ccc(-c4ccc(-c5cccs5)s4)s3)N(CC(CC)CCCC)C(=O)C2=C1c1ccc(-c2ccc(-c3cccs3)s2)s1. The monoisotopic (exact) mass is 1090 g/mol. The Morgan fingerprint density at radius 1 is 0.446 bits per heavy atom. The van der Waals surface area contributed by atoms with Crippen LogP contribution in [0.3, 0.4) is 0 Å². The third-order valence-corrected chi connectivity index (χ3v) is 20.9. The van der Waals surface area contributed by atoms with Gasteiger partial charge in [-0.2, -0.15) is 0 Å². The third-order valence-electron chi connectivity index (χ3n) is 12.8. The van der Waals surface area contributed by atoms with Crippen LogP contribution in [0.25, 0.3) is 50.4 Å². The molecule has 2 amide bonds. The van der Waals surface area contributed by atoms with Gasteiger partial charge in [-0.25, -0.2) is 0 Å². The predicted octanol–water partition coefficient (Wildman–Crippen LogP) is 18.6. The first-order chi connectivity index (χ1) is 31.8. The molecule has 0 aliphatic carbocycles. The molecular weight excluding hydrogens is 1030 g/mol. The molecule has 2 aliphatic rings. The lowest BCUT2D eigenvalue weighted by molar-refractivity contribution is -0.124. The summed E-state index contributed by atoms with van der Waals surface area (Å²) in [5, 5.41) is 4.24. The normalized spacial score (nSPS) is 15.3. The van der Waals surface area contributed by atoms with E-state index >= 15 is 9.59 Å². The first kappa shape index (κ1) is 50.2. The maximum absolute atomic E-state index is 15.2. The summed E-state index contributed by atoms with van der Waals surface area (Å²) < 4.78 is 1.34. The fourth-order valence-corrected chi connectivity index (χ4v) is 15.8. The summed E-state index contributed by atoms with van der Waals surface area (Å²) in [6.45, 7) is 14.7. The summed E-state index contributed by atoms with van der Waals surface area (Å²) in [6.07, 6.45) is 14.2. The Morgan fingerprint density at radius 2 is 0.769 bits per heavy atom. The lowest BCUT2D eigenvalue weighted by Gasteiger charge is -2.29. The summed E-state index contributed by atoms with van der Waals surface area (Å²) in [5.41, 5.74) is 2.83. The Labute approximate surface area is 426 Å². The van der Waals surface area contributed by atoms with Gasteiger partial charge in [0.1, 0.15) is 0 Å². The highest BCUT2D eigenvalue weighted by Gasteiger charge is 2.50. The van der Waals surface area contributed by atoms with Crippen LogP contribution in [0.1, 0.15) is 128 Å². The number of carbonyl (C=O) groups is 2. The molecule has 3 atom stereocenters. The molecule has 8 rings (SSSR count). The smallest absolute Gasteiger partial charge is 0.261 e. The van der Waals surface area contributed by atoms with E-state index in [2.05, 4.69) is 148 Å². The molecule has 0 fully saturated rings. The number of hydrogen-bond donors (Lipinski definition) is 0. The molecule has 11 heteroatoms. The van der Waals surface area contributed by atoms with Gasteiger partial charge in [-0.05, 0) is 108 Å². The lowest BCUT2D eigenvalue weighted by atomic mass is 9.98. The van der Waals surface area contributed by atoms with E-state index in [4.69, 9.17) is 0 Å². The van der Waals surface area contributed by atoms with Gasteiger partial charge in [-0.1, -0.05) is 134 Å². The van der Waals surface area contributed by atoms with E-state index in [-0.39, 0.29) is 11.8 Å². The summed E-state index contributed by atoms with van der Waals surface area (Å²) >= 11 is 13.0. The van der Waals surface area contributed by atoms with Crippen LogP contribution >= 0.6 is 90.6 Å². The maximum atomic E-state index is 15.2. The molecule has 0 aromatic carbocycles. The molecule has 3 unspecified atom stereocenters. The summed E-state index contributed by atoms with van der Waals surface area (Å²) in [6, 6.07) is 26.1. The van der Waals surface area contributed by atoms with E-state index in [1.807, 2.05) is 9.80 Å². The highest BCUT2D eigenvalue weighted by Crippen LogP contribution is 2.52. The number of thiophene rings is 6. The molecule has 6 aromatic rings. The Hall–Kier alpha value is -2.65. The van der Waals surface area contributed by atoms with Crippen LogP contribution in [0.15, 0.2) is 94.7 Å². The first-order valence-electron chi connectivity index (χ1n) is 23.9. The maximum Gasteiger partial charge on any atom is 0.261 e. The minimum absolute atomic E-state index is 0.0190. The van der Waals surface area contributed by atoms with E-state index in [1.165, 1.54) is 59.4 Å². The van der Waals surface area contributed by atoms with Crippen LogP contribution in [0, 0.1) is 17.8 Å². The number of carbonyl (C=O) groups excluding carboxylic acids is 2. The second-order valence-corrected chi connectivity index (χ2v) is 24.4. The van der Waals surface area contributed by atoms with Crippen molar-refractivity contribution in [2.45, 2.75) is 119 Å². The molecule has 8 heterocycles. The van der Waals surface area contributed by atoms with Gasteiger partial charge in [0.2, 0.25) is 0 Å². The fraction of sp³-hybridized carbons (Fsp3) is 0.444. The first-order valence-corrected chi connectivity index (χ1v) is 30.5. The molecule has 2 aliphatic heterocycles. The summed E-state index contributed by atoms with van der Waals surface area (Å²) in [4.78, 5) is 46.2. The van der Waals surface area contributed by atoms with Crippen molar-refractivity contribution in [1.82, 2.24) is 9.80 Å². The zero-order valence-electron chi connectivity index (χ0n) is 39.0. The Morgan fingerprint density at radius 3 is 1.08 bits per heavy atom. The number of halogens is 1. The lowest BCUT2D eigenvalue weighted by Crippen LogP contribution is -2.34. The van der Waals surface area contributed by atoms with Crippen molar-refractivity contribution in [2.75, 3.05) is 17.5 Å². The van der Waals surface area contributed by atoms with E-state index in [0.29, 0.717) is 36.1 Å². The minimum Gasteiger partial charge on any atom is -0.306 e. The molecule has 6 aromatic heterocycles. The molecule has 0 spiro atoms. The van der Waals surface area contributed by atoms with E-state index < -0.39 is 0 Å². The van der Waals surface area contributed by atoms with Gasteiger partial charge < -0.3 is 9.80 Å². The molecule has 0 saturated heterocycles. The Bertz CT molecular complexity index is 2330. The van der Waals surface area contributed by atoms with Gasteiger partial charge in [0.15, 0.2) is 0 Å². The van der Waals surface area contributed by atoms with Gasteiger partial charge in [-0.3, -0.25) is 9.59 Å². The molecule has 4 nitrogen and oxygen atoms in total. The summed E-state index contributed by atoms with van der Waals surface area (Å²) in [5.74, 6) is 1.67. The van der Waals surface area contributed by atoms with Crippen molar-refractivity contribution >= 4 is 114 Å². The molecule has 0 radical (unpaired) electrons. The molecular formula is C54H65IN2O2S6. The highest BCUT2D eigenvalue weighted by atomic mass is 127. The minimum atomic E-state index is -0.0190. The van der Waals surface area contributed by atoms with E-state index in [1.54, 1.807) is 68.0 Å². The van der Waals surface area contributed by atoms with Crippen LogP contribution in [-0.2, 0) is 9.59 Å². The van der Waals surface area contributed by atoms with Gasteiger partial charge in [-0.15, -0.1) is 68.0 Å². The van der Waals surface area contributed by atoms with Gasteiger partial charge >= 0.3 is 0 Å². The number of fused-ring (bicyclic) bond motifs is 1. The van der Waals surface area contributed by atoms with Crippen molar-refractivity contribution in [3.63, 3.8) is 0 Å². The van der Waals surface area contributed by atoms with E-state index in [0.717, 1.165) is 88.2 Å². The van der Waals surface area contributed by atoms with Crippen LogP contribution in [-0.4, -0.2) is 39.1 Å². The van der Waals surface area contributed by atoms with Crippen LogP contribution in [0.4, 0.5) is 0 Å². The number of rotatable bonds is 23. The van der Waals surface area contributed by atoms with Crippen LogP contribution in [0.5, 0.6) is 0 Å². The summed E-state index contributed by atoms with van der Waals surface area (Å²) in [7, 11) is 0. The Balaban J connectivity index is 0.000000634. The standard InChI is InChI=1S/C46H48N2O2S6.C8H17I/c1-5-9-13-29(7-3)27-47-43(39-23-21-37(55-39)35-19-17-33(53-35)31-15-11-25-51-31)41-42(45(47)49)44(48(46(41)50)28-30(8-4)14-10-6-2)40-24-22-38(56-40)36-20-18-34(54-36)32-16-12-26-52-32;1-3-5-6-8(4-2)7-9/h11-12,15-26,29-30H,5-10,13-14,27-28H2,1-4H3;8H,3-7H2,1-2H3. The van der Waals surface area contributed by atoms with Gasteiger partial charge in [0, 0.05) is 56.5 Å². The molecule has 65 heavy (non-hydrogen) atoms. The molecule has 0 bridgehead atoms. The molecule has 0 N–H and O–H groups in total.